The highest BCUT2D eigenvalue weighted by molar-refractivity contribution is 5.85. The average molecular weight is 320 g/mol. The predicted molar refractivity (Wildman–Crippen MR) is 90.6 cm³/mol. The molecule has 0 unspecified atom stereocenters. The third kappa shape index (κ3) is 2.98. The lowest BCUT2D eigenvalue weighted by molar-refractivity contribution is -0.385. The van der Waals surface area contributed by atoms with Crippen LogP contribution in [0.1, 0.15) is 0 Å². The van der Waals surface area contributed by atoms with Crippen LogP contribution in [0, 0.1) is 20.2 Å². The molecular weight excluding hydrogens is 308 g/mol. The summed E-state index contributed by atoms with van der Waals surface area (Å²) >= 11 is 0. The molecule has 24 heavy (non-hydrogen) atoms. The van der Waals surface area contributed by atoms with Crippen molar-refractivity contribution in [1.29, 1.82) is 0 Å². The van der Waals surface area contributed by atoms with Crippen molar-refractivity contribution in [2.24, 2.45) is 0 Å². The van der Waals surface area contributed by atoms with Crippen LogP contribution in [0.4, 0.5) is 11.4 Å². The van der Waals surface area contributed by atoms with Gasteiger partial charge in [-0.15, -0.1) is 0 Å². The molecule has 0 atom stereocenters. The first-order valence-corrected chi connectivity index (χ1v) is 7.15. The summed E-state index contributed by atoms with van der Waals surface area (Å²) in [6.45, 7) is 0. The standard InChI is InChI=1S/C18H12N2O4/c21-19(22)15-8-4-7-14(11-15)18-12-16(20(23)24)9-10-17(18)13-5-2-1-3-6-13/h1-12H. The number of rotatable bonds is 4. The van der Waals surface area contributed by atoms with E-state index >= 15 is 0 Å². The molecule has 0 bridgehead atoms. The van der Waals surface area contributed by atoms with Crippen molar-refractivity contribution >= 4 is 11.4 Å². The van der Waals surface area contributed by atoms with E-state index in [0.717, 1.165) is 11.1 Å². The third-order valence-electron chi connectivity index (χ3n) is 3.67. The minimum Gasteiger partial charge on any atom is -0.258 e. The van der Waals surface area contributed by atoms with Crippen LogP contribution in [0.15, 0.2) is 72.8 Å². The predicted octanol–water partition coefficient (Wildman–Crippen LogP) is 4.84. The Hall–Kier alpha value is -3.54. The van der Waals surface area contributed by atoms with Crippen LogP contribution in [-0.2, 0) is 0 Å². The molecule has 3 rings (SSSR count). The Morgan fingerprint density at radius 3 is 1.88 bits per heavy atom. The molecule has 0 aliphatic heterocycles. The number of nitro groups is 2. The summed E-state index contributed by atoms with van der Waals surface area (Å²) < 4.78 is 0. The van der Waals surface area contributed by atoms with E-state index in [1.54, 1.807) is 18.2 Å². The lowest BCUT2D eigenvalue weighted by Gasteiger charge is -2.10. The Bertz CT molecular complexity index is 923. The zero-order valence-corrected chi connectivity index (χ0v) is 12.5. The monoisotopic (exact) mass is 320 g/mol. The largest absolute Gasteiger partial charge is 0.270 e. The van der Waals surface area contributed by atoms with E-state index in [1.807, 2.05) is 30.3 Å². The lowest BCUT2D eigenvalue weighted by atomic mass is 9.94. The normalized spacial score (nSPS) is 10.3. The van der Waals surface area contributed by atoms with E-state index in [1.165, 1.54) is 24.3 Å². The summed E-state index contributed by atoms with van der Waals surface area (Å²) in [4.78, 5) is 21.2. The van der Waals surface area contributed by atoms with Gasteiger partial charge in [-0.1, -0.05) is 42.5 Å². The van der Waals surface area contributed by atoms with Crippen molar-refractivity contribution in [1.82, 2.24) is 0 Å². The Kier molecular flexibility index (Phi) is 4.03. The van der Waals surface area contributed by atoms with Crippen molar-refractivity contribution in [2.45, 2.75) is 0 Å². The molecule has 0 aliphatic carbocycles. The van der Waals surface area contributed by atoms with Crippen molar-refractivity contribution in [3.05, 3.63) is 93.0 Å². The fourth-order valence-electron chi connectivity index (χ4n) is 2.54. The third-order valence-corrected chi connectivity index (χ3v) is 3.67. The van der Waals surface area contributed by atoms with Crippen LogP contribution in [0.25, 0.3) is 22.3 Å². The molecule has 0 heterocycles. The Balaban J connectivity index is 2.24. The SMILES string of the molecule is O=[N+]([O-])c1cccc(-c2cc([N+](=O)[O-])ccc2-c2ccccc2)c1. The molecule has 0 amide bonds. The maximum Gasteiger partial charge on any atom is 0.270 e. The molecule has 3 aromatic rings. The molecule has 0 saturated carbocycles. The van der Waals surface area contributed by atoms with E-state index in [9.17, 15) is 20.2 Å². The van der Waals surface area contributed by atoms with Crippen molar-refractivity contribution in [3.63, 3.8) is 0 Å². The summed E-state index contributed by atoms with van der Waals surface area (Å²) in [5.41, 5.74) is 2.69. The van der Waals surface area contributed by atoms with Crippen LogP contribution in [0.5, 0.6) is 0 Å². The molecule has 6 nitrogen and oxygen atoms in total. The lowest BCUT2D eigenvalue weighted by Crippen LogP contribution is -1.93. The second kappa shape index (κ2) is 6.29. The van der Waals surface area contributed by atoms with Gasteiger partial charge in [0.15, 0.2) is 0 Å². The first-order valence-electron chi connectivity index (χ1n) is 7.15. The number of nitrogens with zero attached hydrogens (tertiary/aromatic N) is 2. The average Bonchev–Trinajstić information content (AvgIpc) is 2.62. The number of nitro benzene ring substituents is 2. The summed E-state index contributed by atoms with van der Waals surface area (Å²) in [5.74, 6) is 0. The highest BCUT2D eigenvalue weighted by Gasteiger charge is 2.15. The number of non-ortho nitro benzene ring substituents is 2. The van der Waals surface area contributed by atoms with E-state index in [-0.39, 0.29) is 11.4 Å². The smallest absolute Gasteiger partial charge is 0.258 e. The van der Waals surface area contributed by atoms with Gasteiger partial charge in [-0.2, -0.15) is 0 Å². The molecule has 0 radical (unpaired) electrons. The summed E-state index contributed by atoms with van der Waals surface area (Å²) in [6, 6.07) is 20.0. The first-order chi connectivity index (χ1) is 11.6. The maximum absolute atomic E-state index is 11.1. The quantitative estimate of drug-likeness (QED) is 0.508. The summed E-state index contributed by atoms with van der Waals surface area (Å²) in [6.07, 6.45) is 0. The molecule has 0 aliphatic rings. The number of benzene rings is 3. The molecular formula is C18H12N2O4. The second-order valence-electron chi connectivity index (χ2n) is 5.16. The van der Waals surface area contributed by atoms with Crippen LogP contribution in [-0.4, -0.2) is 9.85 Å². The van der Waals surface area contributed by atoms with Gasteiger partial charge in [-0.05, 0) is 28.3 Å². The van der Waals surface area contributed by atoms with Gasteiger partial charge in [-0.3, -0.25) is 20.2 Å². The van der Waals surface area contributed by atoms with Gasteiger partial charge in [0, 0.05) is 24.3 Å². The molecule has 0 spiro atoms. The minimum absolute atomic E-state index is 0.0574. The zero-order valence-electron chi connectivity index (χ0n) is 12.5. The maximum atomic E-state index is 11.1. The van der Waals surface area contributed by atoms with Crippen molar-refractivity contribution < 1.29 is 9.85 Å². The molecule has 0 aromatic heterocycles. The van der Waals surface area contributed by atoms with E-state index in [0.29, 0.717) is 11.1 Å². The zero-order chi connectivity index (χ0) is 17.1. The molecule has 118 valence electrons. The van der Waals surface area contributed by atoms with Crippen LogP contribution >= 0.6 is 0 Å². The fourth-order valence-corrected chi connectivity index (χ4v) is 2.54. The number of hydrogen-bond donors (Lipinski definition) is 0. The van der Waals surface area contributed by atoms with Gasteiger partial charge in [0.25, 0.3) is 11.4 Å². The van der Waals surface area contributed by atoms with Gasteiger partial charge in [0.2, 0.25) is 0 Å². The molecule has 0 saturated heterocycles. The van der Waals surface area contributed by atoms with Gasteiger partial charge in [-0.25, -0.2) is 0 Å². The highest BCUT2D eigenvalue weighted by Crippen LogP contribution is 2.36. The van der Waals surface area contributed by atoms with Crippen molar-refractivity contribution in [3.8, 4) is 22.3 Å². The van der Waals surface area contributed by atoms with Crippen LogP contribution < -0.4 is 0 Å². The highest BCUT2D eigenvalue weighted by atomic mass is 16.6. The topological polar surface area (TPSA) is 86.3 Å². The molecule has 3 aromatic carbocycles. The van der Waals surface area contributed by atoms with E-state index in [4.69, 9.17) is 0 Å². The van der Waals surface area contributed by atoms with Crippen molar-refractivity contribution in [2.75, 3.05) is 0 Å². The van der Waals surface area contributed by atoms with Gasteiger partial charge < -0.3 is 0 Å². The minimum atomic E-state index is -0.483. The van der Waals surface area contributed by atoms with Crippen LogP contribution in [0.3, 0.4) is 0 Å². The van der Waals surface area contributed by atoms with E-state index in [2.05, 4.69) is 0 Å². The first kappa shape index (κ1) is 15.4. The van der Waals surface area contributed by atoms with Crippen LogP contribution in [0.2, 0.25) is 0 Å². The Morgan fingerprint density at radius 1 is 0.583 bits per heavy atom. The number of hydrogen-bond acceptors (Lipinski definition) is 4. The Morgan fingerprint density at radius 2 is 1.21 bits per heavy atom. The molecule has 0 N–H and O–H groups in total. The second-order valence-corrected chi connectivity index (χ2v) is 5.16. The van der Waals surface area contributed by atoms with Gasteiger partial charge >= 0.3 is 0 Å². The van der Waals surface area contributed by atoms with Gasteiger partial charge in [0.05, 0.1) is 9.85 Å². The molecule has 0 fully saturated rings. The summed E-state index contributed by atoms with van der Waals surface area (Å²) in [7, 11) is 0. The molecule has 6 heteroatoms. The fraction of sp³-hybridized carbons (Fsp3) is 0. The Labute approximate surface area is 137 Å². The van der Waals surface area contributed by atoms with Gasteiger partial charge in [0.1, 0.15) is 0 Å². The summed E-state index contributed by atoms with van der Waals surface area (Å²) in [5, 5.41) is 22.1. The van der Waals surface area contributed by atoms with E-state index < -0.39 is 9.85 Å².